The Kier molecular flexibility index (Phi) is 2.72. The zero-order valence-electron chi connectivity index (χ0n) is 2.89. The van der Waals surface area contributed by atoms with Gasteiger partial charge in [0.15, 0.2) is 0 Å². The maximum absolute atomic E-state index is 4.89. The minimum absolute atomic E-state index is 0.463. The summed E-state index contributed by atoms with van der Waals surface area (Å²) in [6.45, 7) is 0. The molecule has 0 fully saturated rings. The molecule has 16 valence electrons. The Bertz CT molecular complexity index is 14.0. The van der Waals surface area contributed by atoms with Crippen LogP contribution in [0.4, 0.5) is 0 Å². The van der Waals surface area contributed by atoms with Gasteiger partial charge in [0.1, 0.15) is 0 Å². The topological polar surface area (TPSA) is 0 Å². The maximum Gasteiger partial charge on any atom is -0.00316 e. The van der Waals surface area contributed by atoms with E-state index in [4.69, 9.17) is 23.2 Å². The van der Waals surface area contributed by atoms with Crippen molar-refractivity contribution in [2.24, 2.45) is 0 Å². The monoisotopic (exact) mass is 55.0 g/mol. The molecule has 0 spiro atoms. The highest BCUT2D eigenvalue weighted by Crippen LogP contribution is 1.47. The Labute approximate surface area is 37.6 Å². The van der Waals surface area contributed by atoms with Crippen LogP contribution in [-0.2, 0) is 0 Å². The van der Waals surface area contributed by atoms with Gasteiger partial charge in [0.2, 0.25) is 0 Å². The first-order valence-corrected chi connectivity index (χ1v) is 1.33. The van der Waals surface area contributed by atoms with Crippen molar-refractivity contribution in [3.8, 4) is 0 Å². The zero-order chi connectivity index (χ0) is 4.28. The second-order valence-electron chi connectivity index (χ2n) is 0.770. The molecular formula is B5-. The van der Waals surface area contributed by atoms with Crippen LogP contribution in [0.25, 0.3) is 0 Å². The maximum atomic E-state index is 4.89. The first-order chi connectivity index (χ1) is 2.27. The SMILES string of the molecule is [B]B([B])[B][B-]. The van der Waals surface area contributed by atoms with Gasteiger partial charge in [0, 0.05) is 0 Å². The predicted molar refractivity (Wildman–Crippen MR) is 28.8 cm³/mol. The van der Waals surface area contributed by atoms with E-state index in [2.05, 4.69) is 0 Å². The minimum Gasteiger partial charge on any atom is -0.690 e. The highest BCUT2D eigenvalue weighted by molar-refractivity contribution is 7.60. The molecule has 0 bridgehead atoms. The summed E-state index contributed by atoms with van der Waals surface area (Å²) in [6, 6.07) is 0. The summed E-state index contributed by atoms with van der Waals surface area (Å²) in [5.41, 5.74) is 0. The lowest BCUT2D eigenvalue weighted by Crippen LogP contribution is -2.23. The second-order valence-corrected chi connectivity index (χ2v) is 0.770. The molecule has 0 saturated carbocycles. The predicted octanol–water partition coefficient (Wildman–Crippen LogP) is -1.90. The van der Waals surface area contributed by atoms with Crippen LogP contribution in [0, 0.1) is 0 Å². The smallest absolute Gasteiger partial charge is 0.00316 e. The molecule has 0 aromatic rings. The molecule has 8 radical (unpaired) electrons. The fourth-order valence-electron chi connectivity index (χ4n) is 0. The molecule has 0 aliphatic heterocycles. The number of rotatable bonds is 1. The van der Waals surface area contributed by atoms with E-state index >= 15 is 0 Å². The first-order valence-electron chi connectivity index (χ1n) is 1.33. The van der Waals surface area contributed by atoms with Gasteiger partial charge < -0.3 is 7.74 Å². The minimum atomic E-state index is -0.463. The molecule has 0 saturated heterocycles. The fourth-order valence-corrected chi connectivity index (χ4v) is 0. The van der Waals surface area contributed by atoms with Gasteiger partial charge in [0.05, 0.1) is 0 Å². The van der Waals surface area contributed by atoms with Crippen molar-refractivity contribution in [2.75, 3.05) is 0 Å². The van der Waals surface area contributed by atoms with E-state index in [1.165, 1.54) is 7.06 Å². The average molecular weight is 54.1 g/mol. The van der Waals surface area contributed by atoms with Crippen LogP contribution >= 0.6 is 0 Å². The zero-order valence-corrected chi connectivity index (χ0v) is 2.89. The summed E-state index contributed by atoms with van der Waals surface area (Å²) in [5.74, 6) is 0. The number of hydrogen-bond acceptors (Lipinski definition) is 0. The summed E-state index contributed by atoms with van der Waals surface area (Å²) in [5, 5.41) is 0. The van der Waals surface area contributed by atoms with Gasteiger partial charge in [-0.1, -0.05) is 0 Å². The summed E-state index contributed by atoms with van der Waals surface area (Å²) in [6.07, 6.45) is -0.463. The van der Waals surface area contributed by atoms with Gasteiger partial charge in [-0.2, -0.15) is 0 Å². The molecule has 0 aromatic heterocycles. The molecule has 0 rings (SSSR count). The standard InChI is InChI=1S/B5/c1-4-5(2)3/q-1. The summed E-state index contributed by atoms with van der Waals surface area (Å²) >= 11 is 0. The Morgan fingerprint density at radius 2 is 1.80 bits per heavy atom. The van der Waals surface area contributed by atoms with Crippen molar-refractivity contribution in [3.05, 3.63) is 0 Å². The summed E-state index contributed by atoms with van der Waals surface area (Å²) in [7, 11) is 15.8. The lowest BCUT2D eigenvalue weighted by molar-refractivity contribution is 3.91. The third-order valence-electron chi connectivity index (χ3n) is 0.222. The van der Waals surface area contributed by atoms with Gasteiger partial charge >= 0.3 is 0 Å². The van der Waals surface area contributed by atoms with Crippen LogP contribution in [0.2, 0.25) is 0 Å². The van der Waals surface area contributed by atoms with Crippen LogP contribution in [0.3, 0.4) is 0 Å². The average Bonchev–Trinajstić information content (AvgIpc) is 1.38. The van der Waals surface area contributed by atoms with Crippen LogP contribution in [0.15, 0.2) is 0 Å². The molecule has 5 heteroatoms. The van der Waals surface area contributed by atoms with E-state index in [-0.39, 0.29) is 0 Å². The van der Waals surface area contributed by atoms with Crippen molar-refractivity contribution in [3.63, 3.8) is 0 Å². The molecule has 0 heterocycles. The lowest BCUT2D eigenvalue weighted by Gasteiger charge is -2.02. The molecule has 0 amide bonds. The molecule has 5 heavy (non-hydrogen) atoms. The van der Waals surface area contributed by atoms with Gasteiger partial charge in [-0.25, -0.2) is 0 Å². The van der Waals surface area contributed by atoms with Crippen molar-refractivity contribution >= 4 is 36.7 Å². The Hall–Kier alpha value is 0.325. The van der Waals surface area contributed by atoms with E-state index in [1.807, 2.05) is 0 Å². The third-order valence-corrected chi connectivity index (χ3v) is 0.222. The van der Waals surface area contributed by atoms with Crippen molar-refractivity contribution < 1.29 is 0 Å². The lowest BCUT2D eigenvalue weighted by atomic mass is 8.97. The highest BCUT2D eigenvalue weighted by Gasteiger charge is 1.74. The van der Waals surface area contributed by atoms with Crippen molar-refractivity contribution in [2.45, 2.75) is 0 Å². The Morgan fingerprint density at radius 1 is 1.60 bits per heavy atom. The normalized spacial score (nSPS) is 6.60. The van der Waals surface area contributed by atoms with Gasteiger partial charge in [0.25, 0.3) is 0 Å². The molecule has 0 atom stereocenters. The summed E-state index contributed by atoms with van der Waals surface area (Å²) in [4.78, 5) is 0. The van der Waals surface area contributed by atoms with Crippen molar-refractivity contribution in [1.29, 1.82) is 0 Å². The van der Waals surface area contributed by atoms with Crippen molar-refractivity contribution in [1.82, 2.24) is 0 Å². The van der Waals surface area contributed by atoms with Crippen LogP contribution in [-0.4, -0.2) is 36.7 Å². The number of hydrogen-bond donors (Lipinski definition) is 0. The summed E-state index contributed by atoms with van der Waals surface area (Å²) < 4.78 is 0. The van der Waals surface area contributed by atoms with Crippen LogP contribution in [0.5, 0.6) is 0 Å². The van der Waals surface area contributed by atoms with Crippen LogP contribution in [0.1, 0.15) is 0 Å². The molecule has 0 aromatic carbocycles. The van der Waals surface area contributed by atoms with Gasteiger partial charge in [-0.3, -0.25) is 7.06 Å². The van der Waals surface area contributed by atoms with Gasteiger partial charge in [-0.15, -0.1) is 0 Å². The molecule has 0 N–H and O–H groups in total. The fraction of sp³-hybridized carbons (Fsp3) is 0. The molecular weight excluding hydrogens is 54.1 g/mol. The quantitative estimate of drug-likeness (QED) is 0.307. The second kappa shape index (κ2) is 2.56. The Morgan fingerprint density at radius 3 is 1.80 bits per heavy atom. The molecule has 0 nitrogen and oxygen atoms in total. The van der Waals surface area contributed by atoms with E-state index in [0.717, 1.165) is 0 Å². The highest BCUT2D eigenvalue weighted by atomic mass is 12.7. The Balaban J connectivity index is 2.54. The first kappa shape index (κ1) is 5.32. The van der Waals surface area contributed by atoms with E-state index < -0.39 is 6.39 Å². The van der Waals surface area contributed by atoms with E-state index in [0.29, 0.717) is 0 Å². The van der Waals surface area contributed by atoms with E-state index in [9.17, 15) is 0 Å². The van der Waals surface area contributed by atoms with E-state index in [1.54, 1.807) is 0 Å². The van der Waals surface area contributed by atoms with Crippen LogP contribution < -0.4 is 0 Å². The largest absolute Gasteiger partial charge is 0.690 e. The van der Waals surface area contributed by atoms with Gasteiger partial charge in [-0.05, 0) is 21.9 Å². The third kappa shape index (κ3) is 4.32. The molecule has 0 unspecified atom stereocenters. The molecule has 0 aliphatic carbocycles. The molecule has 0 aliphatic rings.